The van der Waals surface area contributed by atoms with E-state index in [4.69, 9.17) is 11.6 Å². The lowest BCUT2D eigenvalue weighted by Crippen LogP contribution is -2.15. The second kappa shape index (κ2) is 8.26. The predicted molar refractivity (Wildman–Crippen MR) is 116 cm³/mol. The predicted octanol–water partition coefficient (Wildman–Crippen LogP) is 5.45. The molecule has 2 aromatic carbocycles. The average Bonchev–Trinajstić information content (AvgIpc) is 3.15. The summed E-state index contributed by atoms with van der Waals surface area (Å²) in [7, 11) is 0. The maximum atomic E-state index is 12.3. The zero-order valence-corrected chi connectivity index (χ0v) is 17.2. The maximum Gasteiger partial charge on any atom is 0.241 e. The van der Waals surface area contributed by atoms with Crippen molar-refractivity contribution in [3.8, 4) is 10.6 Å². The second-order valence-corrected chi connectivity index (χ2v) is 8.25. The number of hydrogen-bond donors (Lipinski definition) is 1. The van der Waals surface area contributed by atoms with E-state index in [1.165, 1.54) is 23.3 Å². The number of anilines is 1. The van der Waals surface area contributed by atoms with Crippen molar-refractivity contribution in [2.45, 2.75) is 11.9 Å². The van der Waals surface area contributed by atoms with Gasteiger partial charge in [-0.1, -0.05) is 53.7 Å². The van der Waals surface area contributed by atoms with Gasteiger partial charge < -0.3 is 0 Å². The monoisotopic (exact) mass is 426 g/mol. The molecular weight excluding hydrogens is 412 g/mol. The van der Waals surface area contributed by atoms with E-state index in [0.29, 0.717) is 11.0 Å². The van der Waals surface area contributed by atoms with E-state index in [0.717, 1.165) is 32.1 Å². The Morgan fingerprint density at radius 2 is 1.93 bits per heavy atom. The number of nitrogens with zero attached hydrogens (tertiary/aromatic N) is 3. The highest BCUT2D eigenvalue weighted by molar-refractivity contribution is 7.99. The molecule has 5 nitrogen and oxygen atoms in total. The Hall–Kier alpha value is -2.48. The number of aromatic nitrogens is 3. The molecule has 0 saturated carbocycles. The lowest BCUT2D eigenvalue weighted by Gasteiger charge is -2.06. The lowest BCUT2D eigenvalue weighted by atomic mass is 10.1. The number of rotatable bonds is 5. The fourth-order valence-corrected chi connectivity index (χ4v) is 4.21. The van der Waals surface area contributed by atoms with E-state index in [-0.39, 0.29) is 11.7 Å². The Kier molecular flexibility index (Phi) is 5.57. The summed E-state index contributed by atoms with van der Waals surface area (Å²) in [5.74, 6) is 0.376. The normalized spacial score (nSPS) is 10.9. The molecule has 0 atom stereocenters. The zero-order chi connectivity index (χ0) is 19.5. The molecule has 4 rings (SSSR count). The molecule has 0 saturated heterocycles. The number of carbonyl (C=O) groups excluding carboxylic acids is 1. The number of nitrogens with one attached hydrogen (secondary N) is 1. The van der Waals surface area contributed by atoms with Crippen LogP contribution in [0.2, 0.25) is 5.02 Å². The fourth-order valence-electron chi connectivity index (χ4n) is 2.68. The van der Waals surface area contributed by atoms with Crippen molar-refractivity contribution in [1.82, 2.24) is 14.3 Å². The third-order valence-electron chi connectivity index (χ3n) is 4.02. The molecule has 28 heavy (non-hydrogen) atoms. The number of hydrogen-bond acceptors (Lipinski definition) is 6. The van der Waals surface area contributed by atoms with Crippen molar-refractivity contribution in [1.29, 1.82) is 0 Å². The summed E-state index contributed by atoms with van der Waals surface area (Å²) in [6.45, 7) is 2.05. The zero-order valence-electron chi connectivity index (χ0n) is 14.8. The lowest BCUT2D eigenvalue weighted by molar-refractivity contribution is -0.113. The number of pyridine rings is 1. The number of aryl methyl sites for hydroxylation is 1. The maximum absolute atomic E-state index is 12.3. The molecule has 8 heteroatoms. The van der Waals surface area contributed by atoms with Crippen LogP contribution in [-0.4, -0.2) is 26.0 Å². The first-order valence-corrected chi connectivity index (χ1v) is 10.6. The molecule has 0 bridgehead atoms. The van der Waals surface area contributed by atoms with E-state index in [9.17, 15) is 4.79 Å². The Morgan fingerprint density at radius 3 is 2.75 bits per heavy atom. The van der Waals surface area contributed by atoms with Gasteiger partial charge in [-0.05, 0) is 48.3 Å². The molecule has 4 aromatic rings. The fraction of sp³-hybridized carbons (Fsp3) is 0.100. The second-order valence-electron chi connectivity index (χ2n) is 6.06. The first-order chi connectivity index (χ1) is 13.6. The van der Waals surface area contributed by atoms with Crippen LogP contribution in [0.3, 0.4) is 0 Å². The highest BCUT2D eigenvalue weighted by atomic mass is 35.5. The topological polar surface area (TPSA) is 67.8 Å². The summed E-state index contributed by atoms with van der Waals surface area (Å²) in [6.07, 6.45) is 0. The van der Waals surface area contributed by atoms with E-state index in [1.54, 1.807) is 12.1 Å². The smallest absolute Gasteiger partial charge is 0.241 e. The molecule has 2 heterocycles. The summed E-state index contributed by atoms with van der Waals surface area (Å²) in [5, 5.41) is 6.07. The molecule has 1 N–H and O–H groups in total. The Balaban J connectivity index is 1.39. The van der Waals surface area contributed by atoms with Gasteiger partial charge in [0.15, 0.2) is 0 Å². The molecule has 0 aliphatic heterocycles. The average molecular weight is 427 g/mol. The van der Waals surface area contributed by atoms with Crippen LogP contribution in [-0.2, 0) is 4.79 Å². The van der Waals surface area contributed by atoms with E-state index in [1.807, 2.05) is 49.4 Å². The van der Waals surface area contributed by atoms with Crippen molar-refractivity contribution in [3.05, 3.63) is 65.2 Å². The van der Waals surface area contributed by atoms with Gasteiger partial charge in [0.1, 0.15) is 5.01 Å². The Labute approximate surface area is 175 Å². The van der Waals surface area contributed by atoms with Gasteiger partial charge in [0.2, 0.25) is 11.9 Å². The number of amides is 1. The minimum atomic E-state index is -0.168. The van der Waals surface area contributed by atoms with E-state index >= 15 is 0 Å². The summed E-state index contributed by atoms with van der Waals surface area (Å²) in [5.41, 5.74) is 2.98. The van der Waals surface area contributed by atoms with Gasteiger partial charge in [-0.15, -0.1) is 0 Å². The van der Waals surface area contributed by atoms with Crippen LogP contribution >= 0.6 is 34.9 Å². The van der Waals surface area contributed by atoms with E-state index < -0.39 is 0 Å². The number of halogens is 1. The van der Waals surface area contributed by atoms with Crippen molar-refractivity contribution in [2.75, 3.05) is 11.1 Å². The van der Waals surface area contributed by atoms with Crippen LogP contribution in [0.5, 0.6) is 0 Å². The number of para-hydroxylation sites is 1. The van der Waals surface area contributed by atoms with Gasteiger partial charge in [0.25, 0.3) is 0 Å². The highest BCUT2D eigenvalue weighted by Crippen LogP contribution is 2.26. The minimum absolute atomic E-state index is 0.168. The number of carbonyl (C=O) groups is 1. The van der Waals surface area contributed by atoms with Crippen LogP contribution in [0.15, 0.2) is 59.6 Å². The largest absolute Gasteiger partial charge is 0.293 e. The van der Waals surface area contributed by atoms with Gasteiger partial charge in [-0.3, -0.25) is 10.1 Å². The van der Waals surface area contributed by atoms with Crippen LogP contribution in [0.4, 0.5) is 5.95 Å². The molecule has 1 amide bonds. The van der Waals surface area contributed by atoms with E-state index in [2.05, 4.69) is 19.7 Å². The molecule has 0 unspecified atom stereocenters. The van der Waals surface area contributed by atoms with Gasteiger partial charge in [0, 0.05) is 16.0 Å². The van der Waals surface area contributed by atoms with Crippen LogP contribution in [0, 0.1) is 6.92 Å². The van der Waals surface area contributed by atoms with Crippen molar-refractivity contribution < 1.29 is 4.79 Å². The standard InChI is InChI=1S/C20H15ClN4OS2/c1-12-10-18(22-16-5-3-2-4-15(12)16)27-11-17(26)23-20-24-19(28-25-20)13-6-8-14(21)9-7-13/h2-10H,11H2,1H3,(H,23,25,26). The number of benzene rings is 2. The molecule has 0 aliphatic carbocycles. The van der Waals surface area contributed by atoms with Crippen molar-refractivity contribution >= 4 is 57.7 Å². The summed E-state index contributed by atoms with van der Waals surface area (Å²) >= 11 is 8.53. The highest BCUT2D eigenvalue weighted by Gasteiger charge is 2.11. The van der Waals surface area contributed by atoms with Crippen molar-refractivity contribution in [3.63, 3.8) is 0 Å². The molecule has 2 aromatic heterocycles. The molecule has 140 valence electrons. The third kappa shape index (κ3) is 4.32. The molecule has 0 spiro atoms. The van der Waals surface area contributed by atoms with Gasteiger partial charge >= 0.3 is 0 Å². The first-order valence-electron chi connectivity index (χ1n) is 8.47. The van der Waals surface area contributed by atoms with Gasteiger partial charge in [0.05, 0.1) is 16.3 Å². The molecular formula is C20H15ClN4OS2. The third-order valence-corrected chi connectivity index (χ3v) is 5.95. The SMILES string of the molecule is Cc1cc(SCC(=O)Nc2nsc(-c3ccc(Cl)cc3)n2)nc2ccccc12. The van der Waals surface area contributed by atoms with Crippen LogP contribution in [0.1, 0.15) is 5.56 Å². The number of thioether (sulfide) groups is 1. The summed E-state index contributed by atoms with van der Waals surface area (Å²) in [4.78, 5) is 21.2. The first kappa shape index (κ1) is 18.9. The minimum Gasteiger partial charge on any atom is -0.293 e. The Morgan fingerprint density at radius 1 is 1.14 bits per heavy atom. The van der Waals surface area contributed by atoms with Crippen LogP contribution < -0.4 is 5.32 Å². The van der Waals surface area contributed by atoms with Crippen molar-refractivity contribution in [2.24, 2.45) is 0 Å². The molecule has 0 fully saturated rings. The molecule has 0 aliphatic rings. The number of fused-ring (bicyclic) bond motifs is 1. The summed E-state index contributed by atoms with van der Waals surface area (Å²) < 4.78 is 4.21. The van der Waals surface area contributed by atoms with Crippen LogP contribution in [0.25, 0.3) is 21.5 Å². The molecule has 0 radical (unpaired) electrons. The van der Waals surface area contributed by atoms with Gasteiger partial charge in [-0.2, -0.15) is 9.36 Å². The quantitative estimate of drug-likeness (QED) is 0.430. The van der Waals surface area contributed by atoms with Gasteiger partial charge in [-0.25, -0.2) is 4.98 Å². The summed E-state index contributed by atoms with van der Waals surface area (Å²) in [6, 6.07) is 17.3. The Bertz CT molecular complexity index is 1140.